The maximum atomic E-state index is 14.0. The molecule has 0 saturated carbocycles. The number of carboxylic acid groups (broad SMARTS) is 1. The monoisotopic (exact) mass is 371 g/mol. The van der Waals surface area contributed by atoms with E-state index in [-0.39, 0.29) is 22.6 Å². The minimum absolute atomic E-state index is 0.0549. The number of hydrogen-bond donors (Lipinski definition) is 2. The molecule has 3 rings (SSSR count). The second-order valence-corrected chi connectivity index (χ2v) is 5.48. The highest BCUT2D eigenvalue weighted by Gasteiger charge is 2.19. The van der Waals surface area contributed by atoms with Gasteiger partial charge in [0, 0.05) is 5.69 Å². The number of carboxylic acids is 1. The van der Waals surface area contributed by atoms with Gasteiger partial charge in [-0.3, -0.25) is 0 Å². The SMILES string of the molecule is CCOc1ccc(Nc2cc(-c3c(F)cccc3F)nnc2C(=O)O)cc1. The van der Waals surface area contributed by atoms with E-state index < -0.39 is 17.6 Å². The molecule has 0 fully saturated rings. The average Bonchev–Trinajstić information content (AvgIpc) is 2.63. The number of aromatic nitrogens is 2. The van der Waals surface area contributed by atoms with Crippen LogP contribution in [-0.4, -0.2) is 27.9 Å². The molecule has 6 nitrogen and oxygen atoms in total. The van der Waals surface area contributed by atoms with Crippen LogP contribution in [0.4, 0.5) is 20.2 Å². The molecule has 0 bridgehead atoms. The molecule has 2 N–H and O–H groups in total. The Hall–Kier alpha value is -3.55. The minimum atomic E-state index is -1.32. The largest absolute Gasteiger partial charge is 0.494 e. The van der Waals surface area contributed by atoms with E-state index in [1.165, 1.54) is 12.1 Å². The van der Waals surface area contributed by atoms with Crippen molar-refractivity contribution in [3.63, 3.8) is 0 Å². The molecular weight excluding hydrogens is 356 g/mol. The van der Waals surface area contributed by atoms with Gasteiger partial charge in [-0.2, -0.15) is 0 Å². The number of hydrogen-bond acceptors (Lipinski definition) is 5. The van der Waals surface area contributed by atoms with Gasteiger partial charge in [0.2, 0.25) is 0 Å². The molecule has 8 heteroatoms. The van der Waals surface area contributed by atoms with Gasteiger partial charge in [0.1, 0.15) is 23.1 Å². The van der Waals surface area contributed by atoms with Gasteiger partial charge in [-0.1, -0.05) is 6.07 Å². The molecule has 0 saturated heterocycles. The third-order valence-electron chi connectivity index (χ3n) is 3.66. The first-order valence-electron chi connectivity index (χ1n) is 8.05. The van der Waals surface area contributed by atoms with E-state index in [1.54, 1.807) is 24.3 Å². The van der Waals surface area contributed by atoms with E-state index in [9.17, 15) is 18.7 Å². The van der Waals surface area contributed by atoms with Gasteiger partial charge >= 0.3 is 5.97 Å². The summed E-state index contributed by atoms with van der Waals surface area (Å²) >= 11 is 0. The molecule has 0 spiro atoms. The molecule has 0 aliphatic rings. The minimum Gasteiger partial charge on any atom is -0.494 e. The highest BCUT2D eigenvalue weighted by molar-refractivity contribution is 5.93. The van der Waals surface area contributed by atoms with Crippen LogP contribution in [0.2, 0.25) is 0 Å². The van der Waals surface area contributed by atoms with Crippen molar-refractivity contribution in [3.05, 3.63) is 65.9 Å². The third kappa shape index (κ3) is 4.00. The van der Waals surface area contributed by atoms with E-state index in [0.29, 0.717) is 18.0 Å². The van der Waals surface area contributed by atoms with Gasteiger partial charge in [0.25, 0.3) is 0 Å². The Morgan fingerprint density at radius 3 is 2.37 bits per heavy atom. The van der Waals surface area contributed by atoms with E-state index in [2.05, 4.69) is 15.5 Å². The topological polar surface area (TPSA) is 84.3 Å². The summed E-state index contributed by atoms with van der Waals surface area (Å²) in [6.07, 6.45) is 0. The van der Waals surface area contributed by atoms with Crippen LogP contribution in [0, 0.1) is 11.6 Å². The van der Waals surface area contributed by atoms with Crippen molar-refractivity contribution in [2.75, 3.05) is 11.9 Å². The zero-order valence-electron chi connectivity index (χ0n) is 14.2. The summed E-state index contributed by atoms with van der Waals surface area (Å²) in [5.74, 6) is -2.31. The average molecular weight is 371 g/mol. The van der Waals surface area contributed by atoms with Gasteiger partial charge in [-0.25, -0.2) is 13.6 Å². The number of halogens is 2. The van der Waals surface area contributed by atoms with E-state index in [1.807, 2.05) is 6.92 Å². The molecule has 27 heavy (non-hydrogen) atoms. The fourth-order valence-corrected chi connectivity index (χ4v) is 2.47. The molecular formula is C19H15F2N3O3. The van der Waals surface area contributed by atoms with Gasteiger partial charge in [0.15, 0.2) is 5.69 Å². The van der Waals surface area contributed by atoms with Crippen LogP contribution in [0.3, 0.4) is 0 Å². The summed E-state index contributed by atoms with van der Waals surface area (Å²) in [6, 6.07) is 11.4. The first-order chi connectivity index (χ1) is 13.0. The lowest BCUT2D eigenvalue weighted by molar-refractivity contribution is 0.0690. The van der Waals surface area contributed by atoms with Crippen molar-refractivity contribution < 1.29 is 23.4 Å². The molecule has 0 amide bonds. The number of aromatic carboxylic acids is 1. The van der Waals surface area contributed by atoms with E-state index in [4.69, 9.17) is 4.74 Å². The summed E-state index contributed by atoms with van der Waals surface area (Å²) in [5, 5.41) is 19.5. The van der Waals surface area contributed by atoms with Crippen LogP contribution < -0.4 is 10.1 Å². The normalized spacial score (nSPS) is 10.5. The highest BCUT2D eigenvalue weighted by Crippen LogP contribution is 2.29. The Balaban J connectivity index is 2.01. The molecule has 0 unspecified atom stereocenters. The fourth-order valence-electron chi connectivity index (χ4n) is 2.47. The molecule has 1 heterocycles. The van der Waals surface area contributed by atoms with E-state index >= 15 is 0 Å². The predicted molar refractivity (Wildman–Crippen MR) is 95.2 cm³/mol. The lowest BCUT2D eigenvalue weighted by Gasteiger charge is -2.11. The second kappa shape index (κ2) is 7.77. The van der Waals surface area contributed by atoms with Gasteiger partial charge < -0.3 is 15.2 Å². The zero-order chi connectivity index (χ0) is 19.4. The summed E-state index contributed by atoms with van der Waals surface area (Å²) in [5.41, 5.74) is -0.265. The maximum Gasteiger partial charge on any atom is 0.358 e. The molecule has 1 aromatic heterocycles. The van der Waals surface area contributed by atoms with Crippen molar-refractivity contribution in [2.24, 2.45) is 0 Å². The lowest BCUT2D eigenvalue weighted by atomic mass is 10.1. The van der Waals surface area contributed by atoms with Crippen LogP contribution in [-0.2, 0) is 0 Å². The molecule has 0 aliphatic heterocycles. The summed E-state index contributed by atoms with van der Waals surface area (Å²) in [4.78, 5) is 11.4. The number of anilines is 2. The van der Waals surface area contributed by atoms with E-state index in [0.717, 1.165) is 12.1 Å². The maximum absolute atomic E-state index is 14.0. The lowest BCUT2D eigenvalue weighted by Crippen LogP contribution is -2.08. The van der Waals surface area contributed by atoms with Crippen LogP contribution in [0.15, 0.2) is 48.5 Å². The quantitative estimate of drug-likeness (QED) is 0.673. The van der Waals surface area contributed by atoms with Crippen molar-refractivity contribution in [1.29, 1.82) is 0 Å². The van der Waals surface area contributed by atoms with Crippen LogP contribution in [0.1, 0.15) is 17.4 Å². The molecule has 3 aromatic rings. The number of nitrogens with one attached hydrogen (secondary N) is 1. The summed E-state index contributed by atoms with van der Waals surface area (Å²) in [7, 11) is 0. The molecule has 138 valence electrons. The van der Waals surface area contributed by atoms with Crippen molar-refractivity contribution in [1.82, 2.24) is 10.2 Å². The number of nitrogens with zero attached hydrogens (tertiary/aromatic N) is 2. The number of carbonyl (C=O) groups is 1. The number of benzene rings is 2. The number of rotatable bonds is 6. The second-order valence-electron chi connectivity index (χ2n) is 5.48. The van der Waals surface area contributed by atoms with Gasteiger partial charge in [0.05, 0.1) is 17.9 Å². The standard InChI is InChI=1S/C19H15F2N3O3/c1-2-27-12-8-6-11(7-9-12)22-16-10-15(23-24-18(16)19(25)26)17-13(20)4-3-5-14(17)21/h3-10H,2H2,1H3,(H,22,23)(H,25,26). The first kappa shape index (κ1) is 18.2. The van der Waals surface area contributed by atoms with Gasteiger partial charge in [-0.15, -0.1) is 10.2 Å². The fraction of sp³-hybridized carbons (Fsp3) is 0.105. The zero-order valence-corrected chi connectivity index (χ0v) is 14.2. The Bertz CT molecular complexity index is 958. The smallest absolute Gasteiger partial charge is 0.358 e. The van der Waals surface area contributed by atoms with Gasteiger partial charge in [-0.05, 0) is 49.4 Å². The summed E-state index contributed by atoms with van der Waals surface area (Å²) < 4.78 is 33.4. The summed E-state index contributed by atoms with van der Waals surface area (Å²) in [6.45, 7) is 2.37. The van der Waals surface area contributed by atoms with Crippen molar-refractivity contribution in [3.8, 4) is 17.0 Å². The molecule has 0 aliphatic carbocycles. The molecule has 0 radical (unpaired) electrons. The molecule has 2 aromatic carbocycles. The Morgan fingerprint density at radius 1 is 1.11 bits per heavy atom. The highest BCUT2D eigenvalue weighted by atomic mass is 19.1. The Labute approximate surface area is 153 Å². The predicted octanol–water partition coefficient (Wildman–Crippen LogP) is 4.26. The Kier molecular flexibility index (Phi) is 5.25. The Morgan fingerprint density at radius 2 is 1.78 bits per heavy atom. The molecule has 0 atom stereocenters. The van der Waals surface area contributed by atoms with Crippen molar-refractivity contribution in [2.45, 2.75) is 6.92 Å². The van der Waals surface area contributed by atoms with Crippen LogP contribution >= 0.6 is 0 Å². The number of ether oxygens (including phenoxy) is 1. The first-order valence-corrected chi connectivity index (χ1v) is 8.05. The van der Waals surface area contributed by atoms with Crippen LogP contribution in [0.5, 0.6) is 5.75 Å². The van der Waals surface area contributed by atoms with Crippen LogP contribution in [0.25, 0.3) is 11.3 Å². The third-order valence-corrected chi connectivity index (χ3v) is 3.66. The van der Waals surface area contributed by atoms with Crippen molar-refractivity contribution >= 4 is 17.3 Å².